The molecular formula is C16H14N4O2S. The first-order chi connectivity index (χ1) is 11.3. The molecule has 2 heterocycles. The zero-order valence-corrected chi connectivity index (χ0v) is 13.2. The van der Waals surface area contributed by atoms with Crippen LogP contribution < -0.4 is 5.32 Å². The lowest BCUT2D eigenvalue weighted by Gasteiger charge is -2.06. The highest BCUT2D eigenvalue weighted by molar-refractivity contribution is 7.13. The number of carbonyl (C=O) groups is 1. The van der Waals surface area contributed by atoms with Gasteiger partial charge in [-0.3, -0.25) is 0 Å². The van der Waals surface area contributed by atoms with Gasteiger partial charge in [-0.05, 0) is 37.3 Å². The number of anilines is 2. The van der Waals surface area contributed by atoms with Gasteiger partial charge in [-0.15, -0.1) is 11.3 Å². The lowest BCUT2D eigenvalue weighted by molar-refractivity contribution is 0.0526. The number of rotatable bonds is 5. The topological polar surface area (TPSA) is 77.0 Å². The molecule has 2 aromatic heterocycles. The third-order valence-electron chi connectivity index (χ3n) is 2.96. The molecule has 23 heavy (non-hydrogen) atoms. The van der Waals surface area contributed by atoms with Gasteiger partial charge in [-0.1, -0.05) is 0 Å². The summed E-state index contributed by atoms with van der Waals surface area (Å²) in [5.74, 6) is 0.141. The fraction of sp³-hybridized carbons (Fsp3) is 0.125. The van der Waals surface area contributed by atoms with Crippen LogP contribution in [0.3, 0.4) is 0 Å². The minimum absolute atomic E-state index is 0.332. The molecule has 0 aliphatic carbocycles. The molecule has 0 radical (unpaired) electrons. The number of carbonyl (C=O) groups excluding carboxylic acids is 1. The van der Waals surface area contributed by atoms with E-state index in [2.05, 4.69) is 20.3 Å². The largest absolute Gasteiger partial charge is 0.462 e. The maximum Gasteiger partial charge on any atom is 0.338 e. The summed E-state index contributed by atoms with van der Waals surface area (Å²) in [5.41, 5.74) is 2.06. The molecule has 0 spiro atoms. The average molecular weight is 326 g/mol. The molecule has 0 amide bonds. The van der Waals surface area contributed by atoms with E-state index in [9.17, 15) is 4.79 Å². The van der Waals surface area contributed by atoms with Gasteiger partial charge in [0.15, 0.2) is 0 Å². The summed E-state index contributed by atoms with van der Waals surface area (Å²) in [5, 5.41) is 5.85. The molecule has 3 aromatic rings. The van der Waals surface area contributed by atoms with Crippen molar-refractivity contribution in [1.82, 2.24) is 15.0 Å². The SMILES string of the molecule is CCOC(=O)c1ccc(Nc2nccc(-c3nccs3)n2)cc1. The van der Waals surface area contributed by atoms with Crippen LogP contribution in [-0.2, 0) is 4.74 Å². The molecule has 3 rings (SSSR count). The summed E-state index contributed by atoms with van der Waals surface area (Å²) >= 11 is 1.52. The van der Waals surface area contributed by atoms with E-state index < -0.39 is 0 Å². The maximum absolute atomic E-state index is 11.6. The molecular weight excluding hydrogens is 312 g/mol. The normalized spacial score (nSPS) is 10.3. The second-order valence-corrected chi connectivity index (χ2v) is 5.42. The number of benzene rings is 1. The molecule has 7 heteroatoms. The van der Waals surface area contributed by atoms with E-state index in [1.54, 1.807) is 43.6 Å². The van der Waals surface area contributed by atoms with Crippen molar-refractivity contribution >= 4 is 28.9 Å². The molecule has 0 bridgehead atoms. The molecule has 0 aliphatic rings. The monoisotopic (exact) mass is 326 g/mol. The second kappa shape index (κ2) is 6.97. The van der Waals surface area contributed by atoms with E-state index in [0.29, 0.717) is 18.1 Å². The molecule has 0 unspecified atom stereocenters. The van der Waals surface area contributed by atoms with Gasteiger partial charge in [0.05, 0.1) is 12.2 Å². The molecule has 6 nitrogen and oxygen atoms in total. The van der Waals surface area contributed by atoms with Gasteiger partial charge in [0.1, 0.15) is 10.7 Å². The Balaban J connectivity index is 1.75. The Morgan fingerprint density at radius 3 is 2.70 bits per heavy atom. The molecule has 0 saturated heterocycles. The van der Waals surface area contributed by atoms with E-state index in [4.69, 9.17) is 4.74 Å². The first kappa shape index (κ1) is 15.1. The fourth-order valence-corrected chi connectivity index (χ4v) is 2.53. The lowest BCUT2D eigenvalue weighted by Crippen LogP contribution is -2.04. The lowest BCUT2D eigenvalue weighted by atomic mass is 10.2. The Kier molecular flexibility index (Phi) is 4.58. The van der Waals surface area contributed by atoms with E-state index in [1.165, 1.54) is 11.3 Å². The Hall–Kier alpha value is -2.80. The first-order valence-corrected chi connectivity index (χ1v) is 7.91. The summed E-state index contributed by atoms with van der Waals surface area (Å²) in [4.78, 5) is 24.5. The van der Waals surface area contributed by atoms with Crippen molar-refractivity contribution in [2.24, 2.45) is 0 Å². The van der Waals surface area contributed by atoms with E-state index in [0.717, 1.165) is 16.4 Å². The number of hydrogen-bond donors (Lipinski definition) is 1. The number of aromatic nitrogens is 3. The Morgan fingerprint density at radius 2 is 2.00 bits per heavy atom. The standard InChI is InChI=1S/C16H14N4O2S/c1-2-22-15(21)11-3-5-12(6-4-11)19-16-18-8-7-13(20-16)14-17-9-10-23-14/h3-10H,2H2,1H3,(H,18,19,20). The first-order valence-electron chi connectivity index (χ1n) is 7.03. The summed E-state index contributed by atoms with van der Waals surface area (Å²) in [6.07, 6.45) is 3.42. The zero-order valence-electron chi connectivity index (χ0n) is 12.4. The van der Waals surface area contributed by atoms with Crippen molar-refractivity contribution in [3.63, 3.8) is 0 Å². The summed E-state index contributed by atoms with van der Waals surface area (Å²) in [7, 11) is 0. The highest BCUT2D eigenvalue weighted by Crippen LogP contribution is 2.21. The van der Waals surface area contributed by atoms with Crippen molar-refractivity contribution in [2.75, 3.05) is 11.9 Å². The van der Waals surface area contributed by atoms with Gasteiger partial charge in [0.25, 0.3) is 0 Å². The van der Waals surface area contributed by atoms with E-state index >= 15 is 0 Å². The minimum Gasteiger partial charge on any atom is -0.462 e. The van der Waals surface area contributed by atoms with Crippen LogP contribution in [0.4, 0.5) is 11.6 Å². The Morgan fingerprint density at radius 1 is 1.17 bits per heavy atom. The average Bonchev–Trinajstić information content (AvgIpc) is 3.11. The Bertz CT molecular complexity index is 788. The predicted molar refractivity (Wildman–Crippen MR) is 88.8 cm³/mol. The number of ether oxygens (including phenoxy) is 1. The highest BCUT2D eigenvalue weighted by atomic mass is 32.1. The van der Waals surface area contributed by atoms with Crippen LogP contribution in [0, 0.1) is 0 Å². The molecule has 1 aromatic carbocycles. The summed E-state index contributed by atoms with van der Waals surface area (Å²) in [6, 6.07) is 8.78. The molecule has 0 saturated carbocycles. The van der Waals surface area contributed by atoms with Crippen molar-refractivity contribution in [3.8, 4) is 10.7 Å². The van der Waals surface area contributed by atoms with Gasteiger partial charge in [-0.25, -0.2) is 19.7 Å². The van der Waals surface area contributed by atoms with Gasteiger partial charge in [0.2, 0.25) is 5.95 Å². The quantitative estimate of drug-likeness (QED) is 0.723. The van der Waals surface area contributed by atoms with Crippen molar-refractivity contribution in [3.05, 3.63) is 53.7 Å². The summed E-state index contributed by atoms with van der Waals surface area (Å²) < 4.78 is 4.95. The van der Waals surface area contributed by atoms with Crippen molar-refractivity contribution in [1.29, 1.82) is 0 Å². The Labute approximate surface area is 137 Å². The molecule has 0 fully saturated rings. The van der Waals surface area contributed by atoms with Gasteiger partial charge in [0, 0.05) is 23.5 Å². The predicted octanol–water partition coefficient (Wildman–Crippen LogP) is 3.52. The van der Waals surface area contributed by atoms with Crippen LogP contribution in [-0.4, -0.2) is 27.5 Å². The molecule has 0 atom stereocenters. The van der Waals surface area contributed by atoms with Crippen LogP contribution in [0.15, 0.2) is 48.1 Å². The van der Waals surface area contributed by atoms with Crippen LogP contribution in [0.1, 0.15) is 17.3 Å². The van der Waals surface area contributed by atoms with E-state index in [-0.39, 0.29) is 5.97 Å². The zero-order chi connectivity index (χ0) is 16.1. The third kappa shape index (κ3) is 3.70. The van der Waals surface area contributed by atoms with Crippen LogP contribution in [0.2, 0.25) is 0 Å². The molecule has 0 aliphatic heterocycles. The number of hydrogen-bond acceptors (Lipinski definition) is 7. The number of nitrogens with one attached hydrogen (secondary N) is 1. The van der Waals surface area contributed by atoms with Crippen molar-refractivity contribution < 1.29 is 9.53 Å². The smallest absolute Gasteiger partial charge is 0.338 e. The van der Waals surface area contributed by atoms with Crippen LogP contribution >= 0.6 is 11.3 Å². The summed E-state index contributed by atoms with van der Waals surface area (Å²) in [6.45, 7) is 2.14. The molecule has 1 N–H and O–H groups in total. The van der Waals surface area contributed by atoms with Gasteiger partial charge >= 0.3 is 5.97 Å². The number of esters is 1. The third-order valence-corrected chi connectivity index (χ3v) is 3.75. The van der Waals surface area contributed by atoms with Gasteiger partial charge < -0.3 is 10.1 Å². The van der Waals surface area contributed by atoms with Crippen LogP contribution in [0.5, 0.6) is 0 Å². The minimum atomic E-state index is -0.332. The highest BCUT2D eigenvalue weighted by Gasteiger charge is 2.07. The maximum atomic E-state index is 11.6. The van der Waals surface area contributed by atoms with Gasteiger partial charge in [-0.2, -0.15) is 0 Å². The van der Waals surface area contributed by atoms with Crippen LogP contribution in [0.25, 0.3) is 10.7 Å². The van der Waals surface area contributed by atoms with Crippen molar-refractivity contribution in [2.45, 2.75) is 6.92 Å². The number of nitrogens with zero attached hydrogens (tertiary/aromatic N) is 3. The second-order valence-electron chi connectivity index (χ2n) is 4.53. The molecule has 116 valence electrons. The fourth-order valence-electron chi connectivity index (χ4n) is 1.92. The number of thiazole rings is 1. The van der Waals surface area contributed by atoms with E-state index in [1.807, 2.05) is 11.4 Å².